The van der Waals surface area contributed by atoms with Gasteiger partial charge in [0.15, 0.2) is 0 Å². The summed E-state index contributed by atoms with van der Waals surface area (Å²) in [6.45, 7) is 2.49. The fourth-order valence-corrected chi connectivity index (χ4v) is 2.98. The van der Waals surface area contributed by atoms with Crippen LogP contribution in [0.3, 0.4) is 0 Å². The summed E-state index contributed by atoms with van der Waals surface area (Å²) >= 11 is 0. The molecule has 34 heavy (non-hydrogen) atoms. The van der Waals surface area contributed by atoms with Gasteiger partial charge in [0.25, 0.3) is 12.3 Å². The van der Waals surface area contributed by atoms with Gasteiger partial charge in [0, 0.05) is 24.5 Å². The molecule has 3 rings (SSSR count). The van der Waals surface area contributed by atoms with Crippen molar-refractivity contribution in [2.24, 2.45) is 7.05 Å². The molecule has 2 N–H and O–H groups in total. The van der Waals surface area contributed by atoms with E-state index in [-0.39, 0.29) is 29.2 Å². The van der Waals surface area contributed by atoms with E-state index in [9.17, 15) is 23.5 Å². The lowest BCUT2D eigenvalue weighted by atomic mass is 10.1. The highest BCUT2D eigenvalue weighted by Gasteiger charge is 2.20. The molecule has 0 aliphatic rings. The molecule has 8 nitrogen and oxygen atoms in total. The van der Waals surface area contributed by atoms with Crippen molar-refractivity contribution < 1.29 is 28.2 Å². The number of halogens is 2. The highest BCUT2D eigenvalue weighted by Crippen LogP contribution is 2.27. The van der Waals surface area contributed by atoms with Crippen LogP contribution >= 0.6 is 0 Å². The van der Waals surface area contributed by atoms with Gasteiger partial charge in [-0.25, -0.2) is 8.78 Å². The number of hydrogen-bond acceptors (Lipinski definition) is 6. The third kappa shape index (κ3) is 6.61. The number of rotatable bonds is 9. The number of anilines is 1. The van der Waals surface area contributed by atoms with E-state index in [1.807, 2.05) is 0 Å². The van der Waals surface area contributed by atoms with Crippen molar-refractivity contribution in [1.82, 2.24) is 9.78 Å². The van der Waals surface area contributed by atoms with Crippen LogP contribution in [0.25, 0.3) is 11.3 Å². The van der Waals surface area contributed by atoms with Crippen molar-refractivity contribution in [2.45, 2.75) is 25.9 Å². The van der Waals surface area contributed by atoms with Crippen LogP contribution < -0.4 is 20.2 Å². The largest absolute Gasteiger partial charge is 0.491 e. The SMILES string of the molecule is Cn1cc(C(=O)Nc2ccc(OCC(C)(C)O)cc2)c(=O)c(-c2ccccc2OCC(F)F)n1. The first-order valence-corrected chi connectivity index (χ1v) is 10.4. The molecule has 1 aromatic heterocycles. The number of amides is 1. The molecule has 3 aromatic rings. The molecule has 0 aliphatic heterocycles. The molecule has 0 unspecified atom stereocenters. The van der Waals surface area contributed by atoms with Gasteiger partial charge in [-0.3, -0.25) is 14.3 Å². The topological polar surface area (TPSA) is 103 Å². The number of hydrogen-bond donors (Lipinski definition) is 2. The summed E-state index contributed by atoms with van der Waals surface area (Å²) in [5, 5.41) is 16.5. The molecule has 0 aliphatic carbocycles. The average molecular weight is 473 g/mol. The predicted octanol–water partition coefficient (Wildman–Crippen LogP) is 3.49. The van der Waals surface area contributed by atoms with Crippen LogP contribution in [-0.4, -0.2) is 46.0 Å². The molecular weight excluding hydrogens is 448 g/mol. The molecule has 0 bridgehead atoms. The summed E-state index contributed by atoms with van der Waals surface area (Å²) in [4.78, 5) is 26.0. The number of nitrogens with one attached hydrogen (secondary N) is 1. The fraction of sp³-hybridized carbons (Fsp3) is 0.292. The van der Waals surface area contributed by atoms with Crippen molar-refractivity contribution in [3.63, 3.8) is 0 Å². The lowest BCUT2D eigenvalue weighted by Gasteiger charge is -2.17. The van der Waals surface area contributed by atoms with Gasteiger partial charge in [0.1, 0.15) is 36.0 Å². The van der Waals surface area contributed by atoms with Crippen molar-refractivity contribution in [2.75, 3.05) is 18.5 Å². The second kappa shape index (κ2) is 10.4. The van der Waals surface area contributed by atoms with Crippen LogP contribution in [-0.2, 0) is 7.05 Å². The normalized spacial score (nSPS) is 11.4. The number of aliphatic hydroxyl groups is 1. The van der Waals surface area contributed by atoms with E-state index >= 15 is 0 Å². The molecule has 0 atom stereocenters. The molecule has 2 aromatic carbocycles. The summed E-state index contributed by atoms with van der Waals surface area (Å²) in [6.07, 6.45) is -1.40. The van der Waals surface area contributed by atoms with Crippen LogP contribution in [0.2, 0.25) is 0 Å². The Morgan fingerprint density at radius 1 is 1.15 bits per heavy atom. The van der Waals surface area contributed by atoms with Gasteiger partial charge in [-0.15, -0.1) is 0 Å². The average Bonchev–Trinajstić information content (AvgIpc) is 2.78. The van der Waals surface area contributed by atoms with Gasteiger partial charge in [0.05, 0.1) is 5.60 Å². The van der Waals surface area contributed by atoms with Gasteiger partial charge in [-0.2, -0.15) is 5.10 Å². The van der Waals surface area contributed by atoms with Crippen LogP contribution in [0.5, 0.6) is 11.5 Å². The number of nitrogens with zero attached hydrogens (tertiary/aromatic N) is 2. The number of para-hydroxylation sites is 1. The molecule has 0 saturated heterocycles. The molecule has 1 amide bonds. The number of benzene rings is 2. The van der Waals surface area contributed by atoms with Gasteiger partial charge in [-0.1, -0.05) is 12.1 Å². The Morgan fingerprint density at radius 3 is 2.47 bits per heavy atom. The molecular formula is C24H25F2N3O5. The molecule has 0 saturated carbocycles. The highest BCUT2D eigenvalue weighted by atomic mass is 19.3. The lowest BCUT2D eigenvalue weighted by Crippen LogP contribution is -2.27. The van der Waals surface area contributed by atoms with Crippen molar-refractivity contribution in [1.29, 1.82) is 0 Å². The lowest BCUT2D eigenvalue weighted by molar-refractivity contribution is 0.0285. The summed E-state index contributed by atoms with van der Waals surface area (Å²) in [5.74, 6) is -0.102. The maximum Gasteiger partial charge on any atom is 0.272 e. The third-order valence-electron chi connectivity index (χ3n) is 4.49. The van der Waals surface area contributed by atoms with E-state index in [0.717, 1.165) is 0 Å². The van der Waals surface area contributed by atoms with Crippen LogP contribution in [0.4, 0.5) is 14.5 Å². The Bertz CT molecular complexity index is 1200. The number of aryl methyl sites for hydroxylation is 1. The zero-order valence-electron chi connectivity index (χ0n) is 18.9. The second-order valence-corrected chi connectivity index (χ2v) is 8.17. The molecule has 0 radical (unpaired) electrons. The van der Waals surface area contributed by atoms with E-state index < -0.39 is 30.0 Å². The van der Waals surface area contributed by atoms with E-state index in [4.69, 9.17) is 9.47 Å². The van der Waals surface area contributed by atoms with Crippen LogP contribution in [0, 0.1) is 0 Å². The van der Waals surface area contributed by atoms with E-state index in [2.05, 4.69) is 10.4 Å². The van der Waals surface area contributed by atoms with Crippen molar-refractivity contribution in [3.8, 4) is 22.8 Å². The van der Waals surface area contributed by atoms with Gasteiger partial charge >= 0.3 is 0 Å². The summed E-state index contributed by atoms with van der Waals surface area (Å²) in [7, 11) is 1.54. The highest BCUT2D eigenvalue weighted by molar-refractivity contribution is 6.04. The van der Waals surface area contributed by atoms with Gasteiger partial charge in [0.2, 0.25) is 5.43 Å². The second-order valence-electron chi connectivity index (χ2n) is 8.17. The third-order valence-corrected chi connectivity index (χ3v) is 4.49. The smallest absolute Gasteiger partial charge is 0.272 e. The molecule has 180 valence electrons. The molecule has 0 fully saturated rings. The van der Waals surface area contributed by atoms with E-state index in [1.54, 1.807) is 50.2 Å². The van der Waals surface area contributed by atoms with Crippen LogP contribution in [0.1, 0.15) is 24.2 Å². The number of ether oxygens (including phenoxy) is 2. The molecule has 1 heterocycles. The van der Waals surface area contributed by atoms with Gasteiger partial charge < -0.3 is 19.9 Å². The monoisotopic (exact) mass is 473 g/mol. The maximum atomic E-state index is 13.1. The Morgan fingerprint density at radius 2 is 1.82 bits per heavy atom. The minimum atomic E-state index is -2.69. The summed E-state index contributed by atoms with van der Waals surface area (Å²) in [5.41, 5.74) is -1.33. The zero-order valence-corrected chi connectivity index (χ0v) is 18.9. The summed E-state index contributed by atoms with van der Waals surface area (Å²) in [6, 6.07) is 12.6. The number of carbonyl (C=O) groups is 1. The first-order chi connectivity index (χ1) is 16.0. The maximum absolute atomic E-state index is 13.1. The fourth-order valence-electron chi connectivity index (χ4n) is 2.98. The molecule has 0 spiro atoms. The minimum Gasteiger partial charge on any atom is -0.491 e. The first kappa shape index (κ1) is 24.8. The molecule has 10 heteroatoms. The Hall–Kier alpha value is -3.79. The Balaban J connectivity index is 1.84. The van der Waals surface area contributed by atoms with Crippen molar-refractivity contribution >= 4 is 11.6 Å². The standard InChI is InChI=1S/C24H25F2N3O5/c1-24(2,32)14-34-16-10-8-15(9-11-16)27-23(31)18-12-29(3)28-21(22(18)30)17-6-4-5-7-19(17)33-13-20(25)26/h4-12,20,32H,13-14H2,1-3H3,(H,27,31). The number of carbonyl (C=O) groups excluding carboxylic acids is 1. The predicted molar refractivity (Wildman–Crippen MR) is 123 cm³/mol. The zero-order chi connectivity index (χ0) is 24.9. The van der Waals surface area contributed by atoms with E-state index in [1.165, 1.54) is 30.1 Å². The Kier molecular flexibility index (Phi) is 7.62. The van der Waals surface area contributed by atoms with E-state index in [0.29, 0.717) is 11.4 Å². The first-order valence-electron chi connectivity index (χ1n) is 10.4. The van der Waals surface area contributed by atoms with Crippen molar-refractivity contribution in [3.05, 3.63) is 70.5 Å². The quantitative estimate of drug-likeness (QED) is 0.493. The van der Waals surface area contributed by atoms with Crippen LogP contribution in [0.15, 0.2) is 59.5 Å². The van der Waals surface area contributed by atoms with Gasteiger partial charge in [-0.05, 0) is 50.2 Å². The minimum absolute atomic E-state index is 0.0617. The number of aromatic nitrogens is 2. The Labute approximate surface area is 194 Å². The number of alkyl halides is 2. The summed E-state index contributed by atoms with van der Waals surface area (Å²) < 4.78 is 37.1.